The monoisotopic (exact) mass is 251 g/mol. The summed E-state index contributed by atoms with van der Waals surface area (Å²) in [5, 5.41) is 0. The van der Waals surface area contributed by atoms with Crippen LogP contribution in [0.4, 0.5) is 0 Å². The second kappa shape index (κ2) is 6.05. The summed E-state index contributed by atoms with van der Waals surface area (Å²) < 4.78 is 9.81. The van der Waals surface area contributed by atoms with Crippen molar-refractivity contribution in [2.45, 2.75) is 6.92 Å². The fourth-order valence-corrected chi connectivity index (χ4v) is 1.36. The highest BCUT2D eigenvalue weighted by molar-refractivity contribution is 5.96. The lowest BCUT2D eigenvalue weighted by Crippen LogP contribution is -2.23. The molecule has 0 spiro atoms. The minimum absolute atomic E-state index is 0.171. The Morgan fingerprint density at radius 1 is 1.28 bits per heavy atom. The van der Waals surface area contributed by atoms with Crippen LogP contribution in [0.25, 0.3) is 0 Å². The van der Waals surface area contributed by atoms with Gasteiger partial charge in [-0.15, -0.1) is 0 Å². The van der Waals surface area contributed by atoms with E-state index in [4.69, 9.17) is 4.74 Å². The Balaban J connectivity index is 2.97. The number of carbonyl (C=O) groups excluding carboxylic acids is 2. The summed E-state index contributed by atoms with van der Waals surface area (Å²) in [4.78, 5) is 24.4. The lowest BCUT2D eigenvalue weighted by Gasteiger charge is -2.15. The third-order valence-corrected chi connectivity index (χ3v) is 2.35. The first-order valence-corrected chi connectivity index (χ1v) is 5.47. The van der Waals surface area contributed by atoms with Crippen LogP contribution in [0.15, 0.2) is 18.2 Å². The van der Waals surface area contributed by atoms with Gasteiger partial charge in [-0.2, -0.15) is 0 Å². The van der Waals surface area contributed by atoms with Gasteiger partial charge in [0, 0.05) is 14.1 Å². The van der Waals surface area contributed by atoms with Crippen LogP contribution < -0.4 is 4.74 Å². The summed E-state index contributed by atoms with van der Waals surface area (Å²) in [5.41, 5.74) is 1.37. The first kappa shape index (κ1) is 14.0. The molecule has 18 heavy (non-hydrogen) atoms. The number of methoxy groups -OCH3 is 1. The van der Waals surface area contributed by atoms with Crippen LogP contribution in [0.1, 0.15) is 15.9 Å². The Morgan fingerprint density at radius 2 is 1.94 bits per heavy atom. The maximum absolute atomic E-state index is 11.9. The highest BCUT2D eigenvalue weighted by Crippen LogP contribution is 2.21. The van der Waals surface area contributed by atoms with Gasteiger partial charge in [-0.25, -0.2) is 4.79 Å². The van der Waals surface area contributed by atoms with Crippen molar-refractivity contribution in [1.29, 1.82) is 0 Å². The largest absolute Gasteiger partial charge is 0.481 e. The SMILES string of the molecule is COC(=O)COc1cc(C)ccc1C(=O)N(C)C. The molecule has 0 saturated heterocycles. The van der Waals surface area contributed by atoms with Gasteiger partial charge in [0.15, 0.2) is 6.61 Å². The molecule has 0 aliphatic carbocycles. The van der Waals surface area contributed by atoms with Crippen molar-refractivity contribution in [2.24, 2.45) is 0 Å². The zero-order chi connectivity index (χ0) is 13.7. The van der Waals surface area contributed by atoms with Gasteiger partial charge in [0.2, 0.25) is 0 Å². The van der Waals surface area contributed by atoms with Gasteiger partial charge in [-0.1, -0.05) is 6.07 Å². The van der Waals surface area contributed by atoms with E-state index < -0.39 is 5.97 Å². The fourth-order valence-electron chi connectivity index (χ4n) is 1.36. The van der Waals surface area contributed by atoms with E-state index in [0.29, 0.717) is 11.3 Å². The normalized spacial score (nSPS) is 9.78. The summed E-state index contributed by atoms with van der Waals surface area (Å²) in [6, 6.07) is 5.23. The first-order chi connectivity index (χ1) is 8.45. The average Bonchev–Trinajstić information content (AvgIpc) is 2.35. The summed E-state index contributed by atoms with van der Waals surface area (Å²) in [6.07, 6.45) is 0. The Kier molecular flexibility index (Phi) is 4.71. The van der Waals surface area contributed by atoms with E-state index in [1.807, 2.05) is 13.0 Å². The van der Waals surface area contributed by atoms with E-state index in [1.54, 1.807) is 26.2 Å². The van der Waals surface area contributed by atoms with Crippen molar-refractivity contribution >= 4 is 11.9 Å². The van der Waals surface area contributed by atoms with Crippen LogP contribution >= 0.6 is 0 Å². The van der Waals surface area contributed by atoms with Crippen LogP contribution in [0.2, 0.25) is 0 Å². The molecule has 0 N–H and O–H groups in total. The highest BCUT2D eigenvalue weighted by Gasteiger charge is 2.15. The molecule has 0 radical (unpaired) electrons. The smallest absolute Gasteiger partial charge is 0.343 e. The van der Waals surface area contributed by atoms with E-state index in [1.165, 1.54) is 12.0 Å². The van der Waals surface area contributed by atoms with Crippen molar-refractivity contribution in [3.8, 4) is 5.75 Å². The number of nitrogens with zero attached hydrogens (tertiary/aromatic N) is 1. The second-order valence-corrected chi connectivity index (χ2v) is 4.06. The summed E-state index contributed by atoms with van der Waals surface area (Å²) in [7, 11) is 4.60. The van der Waals surface area contributed by atoms with E-state index in [9.17, 15) is 9.59 Å². The number of hydrogen-bond donors (Lipinski definition) is 0. The van der Waals surface area contributed by atoms with Gasteiger partial charge in [0.25, 0.3) is 5.91 Å². The van der Waals surface area contributed by atoms with Crippen LogP contribution in [-0.2, 0) is 9.53 Å². The zero-order valence-electron chi connectivity index (χ0n) is 11.0. The van der Waals surface area contributed by atoms with Gasteiger partial charge in [-0.3, -0.25) is 4.79 Å². The number of aryl methyl sites for hydroxylation is 1. The molecule has 0 aliphatic rings. The van der Waals surface area contributed by atoms with Crippen molar-refractivity contribution in [3.05, 3.63) is 29.3 Å². The van der Waals surface area contributed by atoms with Crippen molar-refractivity contribution in [1.82, 2.24) is 4.90 Å². The van der Waals surface area contributed by atoms with Gasteiger partial charge < -0.3 is 14.4 Å². The van der Waals surface area contributed by atoms with E-state index in [0.717, 1.165) is 5.56 Å². The molecule has 0 aliphatic heterocycles. The quantitative estimate of drug-likeness (QED) is 0.756. The number of amides is 1. The molecule has 1 rings (SSSR count). The Hall–Kier alpha value is -2.04. The Morgan fingerprint density at radius 3 is 2.50 bits per heavy atom. The summed E-state index contributed by atoms with van der Waals surface area (Å²) in [6.45, 7) is 1.67. The van der Waals surface area contributed by atoms with Gasteiger partial charge in [0.05, 0.1) is 12.7 Å². The Bertz CT molecular complexity index is 454. The molecule has 0 bridgehead atoms. The minimum atomic E-state index is -0.486. The molecule has 1 amide bonds. The van der Waals surface area contributed by atoms with Gasteiger partial charge in [0.1, 0.15) is 5.75 Å². The number of benzene rings is 1. The molecule has 0 saturated carbocycles. The predicted octanol–water partition coefficient (Wildman–Crippen LogP) is 1.25. The second-order valence-electron chi connectivity index (χ2n) is 4.06. The van der Waals surface area contributed by atoms with Crippen LogP contribution in [0, 0.1) is 6.92 Å². The number of rotatable bonds is 4. The number of ether oxygens (including phenoxy) is 2. The lowest BCUT2D eigenvalue weighted by atomic mass is 10.1. The van der Waals surface area contributed by atoms with Crippen molar-refractivity contribution < 1.29 is 19.1 Å². The van der Waals surface area contributed by atoms with Crippen LogP contribution in [0.5, 0.6) is 5.75 Å². The fraction of sp³-hybridized carbons (Fsp3) is 0.385. The molecule has 98 valence electrons. The van der Waals surface area contributed by atoms with E-state index in [-0.39, 0.29) is 12.5 Å². The van der Waals surface area contributed by atoms with Crippen LogP contribution in [-0.4, -0.2) is 44.6 Å². The molecule has 5 nitrogen and oxygen atoms in total. The number of carbonyl (C=O) groups is 2. The minimum Gasteiger partial charge on any atom is -0.481 e. The topological polar surface area (TPSA) is 55.8 Å². The third kappa shape index (κ3) is 3.48. The molecule has 0 heterocycles. The van der Waals surface area contributed by atoms with Gasteiger partial charge >= 0.3 is 5.97 Å². The molecule has 5 heteroatoms. The first-order valence-electron chi connectivity index (χ1n) is 5.47. The van der Waals surface area contributed by atoms with Crippen molar-refractivity contribution in [2.75, 3.05) is 27.8 Å². The molecule has 0 aromatic heterocycles. The van der Waals surface area contributed by atoms with Gasteiger partial charge in [-0.05, 0) is 24.6 Å². The van der Waals surface area contributed by atoms with E-state index >= 15 is 0 Å². The Labute approximate surface area is 106 Å². The molecule has 1 aromatic carbocycles. The number of esters is 1. The van der Waals surface area contributed by atoms with Crippen molar-refractivity contribution in [3.63, 3.8) is 0 Å². The molecule has 0 atom stereocenters. The molecule has 0 fully saturated rings. The maximum Gasteiger partial charge on any atom is 0.343 e. The maximum atomic E-state index is 11.9. The third-order valence-electron chi connectivity index (χ3n) is 2.35. The summed E-state index contributed by atoms with van der Waals surface area (Å²) >= 11 is 0. The molecular weight excluding hydrogens is 234 g/mol. The van der Waals surface area contributed by atoms with Crippen LogP contribution in [0.3, 0.4) is 0 Å². The highest BCUT2D eigenvalue weighted by atomic mass is 16.6. The lowest BCUT2D eigenvalue weighted by molar-refractivity contribution is -0.142. The summed E-state index contributed by atoms with van der Waals surface area (Å²) in [5.74, 6) is -0.270. The number of hydrogen-bond acceptors (Lipinski definition) is 4. The molecular formula is C13H17NO4. The molecule has 1 aromatic rings. The zero-order valence-corrected chi connectivity index (χ0v) is 11.0. The van der Waals surface area contributed by atoms with E-state index in [2.05, 4.69) is 4.74 Å². The molecule has 0 unspecified atom stereocenters. The average molecular weight is 251 g/mol. The standard InChI is InChI=1S/C13H17NO4/c1-9-5-6-10(13(16)14(2)3)11(7-9)18-8-12(15)17-4/h5-7H,8H2,1-4H3. The predicted molar refractivity (Wildman–Crippen MR) is 66.7 cm³/mol.